The van der Waals surface area contributed by atoms with E-state index in [1.165, 1.54) is 18.2 Å². The van der Waals surface area contributed by atoms with Gasteiger partial charge >= 0.3 is 7.12 Å². The number of fused-ring (bicyclic) bond motifs is 1. The molecule has 0 aliphatic rings. The lowest BCUT2D eigenvalue weighted by atomic mass is 9.78. The summed E-state index contributed by atoms with van der Waals surface area (Å²) >= 11 is 0. The van der Waals surface area contributed by atoms with Crippen molar-refractivity contribution in [2.24, 2.45) is 0 Å². The minimum Gasteiger partial charge on any atom is -0.507 e. The Morgan fingerprint density at radius 3 is 2.40 bits per heavy atom. The topological polar surface area (TPSA) is 73.6 Å². The van der Waals surface area contributed by atoms with Crippen LogP contribution in [0.25, 0.3) is 33.0 Å². The first kappa shape index (κ1) is 20.1. The molecule has 3 N–H and O–H groups in total. The van der Waals surface area contributed by atoms with E-state index in [1.807, 2.05) is 32.9 Å². The Labute approximate surface area is 174 Å². The number of benzene rings is 3. The second-order valence-electron chi connectivity index (χ2n) is 7.53. The SMILES string of the molecule is Cc1cc2ccncc2c(-c2c(C)ccc(-c3cccc(B(O)O)c3F)c2O)c1C. The molecular weight excluding hydrogens is 380 g/mol. The fraction of sp³-hybridized carbons (Fsp3) is 0.125. The van der Waals surface area contributed by atoms with E-state index in [2.05, 4.69) is 11.1 Å². The molecule has 1 heterocycles. The van der Waals surface area contributed by atoms with E-state index in [0.717, 1.165) is 33.0 Å². The number of aromatic nitrogens is 1. The quantitative estimate of drug-likeness (QED) is 0.454. The zero-order valence-electron chi connectivity index (χ0n) is 16.9. The highest BCUT2D eigenvalue weighted by atomic mass is 19.1. The van der Waals surface area contributed by atoms with E-state index in [9.17, 15) is 19.5 Å². The molecule has 4 aromatic rings. The lowest BCUT2D eigenvalue weighted by Gasteiger charge is -2.19. The number of aromatic hydroxyl groups is 1. The molecule has 1 aromatic heterocycles. The molecule has 0 bridgehead atoms. The molecule has 150 valence electrons. The van der Waals surface area contributed by atoms with Crippen LogP contribution in [0.2, 0.25) is 0 Å². The maximum atomic E-state index is 15.0. The van der Waals surface area contributed by atoms with Gasteiger partial charge in [-0.25, -0.2) is 4.39 Å². The number of phenolic OH excluding ortho intramolecular Hbond substituents is 1. The van der Waals surface area contributed by atoms with Crippen LogP contribution >= 0.6 is 0 Å². The molecule has 0 aliphatic carbocycles. The van der Waals surface area contributed by atoms with Gasteiger partial charge < -0.3 is 15.2 Å². The Morgan fingerprint density at radius 1 is 0.900 bits per heavy atom. The van der Waals surface area contributed by atoms with Crippen molar-refractivity contribution in [3.63, 3.8) is 0 Å². The summed E-state index contributed by atoms with van der Waals surface area (Å²) in [7, 11) is -1.94. The van der Waals surface area contributed by atoms with Crippen LogP contribution < -0.4 is 5.46 Å². The van der Waals surface area contributed by atoms with Gasteiger partial charge in [-0.05, 0) is 54.5 Å². The van der Waals surface area contributed by atoms with E-state index in [-0.39, 0.29) is 22.3 Å². The van der Waals surface area contributed by atoms with E-state index >= 15 is 0 Å². The Hall–Kier alpha value is -3.22. The van der Waals surface area contributed by atoms with Gasteiger partial charge in [-0.1, -0.05) is 36.4 Å². The fourth-order valence-electron chi connectivity index (χ4n) is 3.99. The summed E-state index contributed by atoms with van der Waals surface area (Å²) in [5.74, 6) is -0.831. The number of rotatable bonds is 3. The van der Waals surface area contributed by atoms with Crippen molar-refractivity contribution in [3.05, 3.63) is 77.4 Å². The smallest absolute Gasteiger partial charge is 0.491 e. The van der Waals surface area contributed by atoms with Crippen LogP contribution in [-0.4, -0.2) is 27.3 Å². The highest BCUT2D eigenvalue weighted by molar-refractivity contribution is 6.58. The zero-order chi connectivity index (χ0) is 21.6. The third-order valence-electron chi connectivity index (χ3n) is 5.70. The van der Waals surface area contributed by atoms with E-state index in [0.29, 0.717) is 5.56 Å². The number of phenols is 1. The number of halogens is 1. The molecule has 0 spiro atoms. The maximum Gasteiger partial charge on any atom is 0.491 e. The Balaban J connectivity index is 2.06. The third kappa shape index (κ3) is 3.14. The summed E-state index contributed by atoms with van der Waals surface area (Å²) in [6.45, 7) is 5.90. The molecule has 30 heavy (non-hydrogen) atoms. The standard InChI is InChI=1S/C24H21BFNO3/c1-13-7-8-18(17-5-4-6-20(23(17)26)25(29)30)24(28)21(13)22-15(3)14(2)11-16-9-10-27-12-19(16)22/h4-12,28-30H,1-3H3. The van der Waals surface area contributed by atoms with E-state index in [4.69, 9.17) is 0 Å². The molecule has 0 aliphatic heterocycles. The van der Waals surface area contributed by atoms with Crippen LogP contribution in [0, 0.1) is 26.6 Å². The molecule has 0 saturated heterocycles. The average Bonchev–Trinajstić information content (AvgIpc) is 2.71. The van der Waals surface area contributed by atoms with Crippen molar-refractivity contribution in [1.29, 1.82) is 0 Å². The fourth-order valence-corrected chi connectivity index (χ4v) is 3.99. The molecule has 0 atom stereocenters. The number of aryl methyl sites for hydroxylation is 2. The number of hydrogen-bond donors (Lipinski definition) is 3. The maximum absolute atomic E-state index is 15.0. The second kappa shape index (κ2) is 7.56. The summed E-state index contributed by atoms with van der Waals surface area (Å²) in [6.07, 6.45) is 3.50. The van der Waals surface area contributed by atoms with Crippen LogP contribution in [0.4, 0.5) is 4.39 Å². The molecule has 0 fully saturated rings. The van der Waals surface area contributed by atoms with Crippen LogP contribution in [0.1, 0.15) is 16.7 Å². The van der Waals surface area contributed by atoms with E-state index < -0.39 is 12.9 Å². The molecule has 4 nitrogen and oxygen atoms in total. The number of hydrogen-bond acceptors (Lipinski definition) is 4. The summed E-state index contributed by atoms with van der Waals surface area (Å²) in [6, 6.07) is 11.8. The van der Waals surface area contributed by atoms with E-state index in [1.54, 1.807) is 18.5 Å². The van der Waals surface area contributed by atoms with Gasteiger partial charge in [-0.2, -0.15) is 0 Å². The minimum atomic E-state index is -1.94. The Kier molecular flexibility index (Phi) is 5.06. The predicted octanol–water partition coefficient (Wildman–Crippen LogP) is 4.02. The van der Waals surface area contributed by atoms with Crippen molar-refractivity contribution in [1.82, 2.24) is 4.98 Å². The zero-order valence-corrected chi connectivity index (χ0v) is 16.9. The molecule has 4 rings (SSSR count). The number of nitrogens with zero attached hydrogens (tertiary/aromatic N) is 1. The highest BCUT2D eigenvalue weighted by Gasteiger charge is 2.23. The highest BCUT2D eigenvalue weighted by Crippen LogP contribution is 2.45. The molecular formula is C24H21BFNO3. The van der Waals surface area contributed by atoms with Crippen LogP contribution in [-0.2, 0) is 0 Å². The normalized spacial score (nSPS) is 11.1. The first-order valence-corrected chi connectivity index (χ1v) is 9.63. The third-order valence-corrected chi connectivity index (χ3v) is 5.70. The molecule has 3 aromatic carbocycles. The van der Waals surface area contributed by atoms with Crippen molar-refractivity contribution >= 4 is 23.4 Å². The lowest BCUT2D eigenvalue weighted by molar-refractivity contribution is 0.423. The molecule has 0 unspecified atom stereocenters. The van der Waals surface area contributed by atoms with Gasteiger partial charge in [0.05, 0.1) is 0 Å². The van der Waals surface area contributed by atoms with Gasteiger partial charge in [0.15, 0.2) is 0 Å². The number of pyridine rings is 1. The lowest BCUT2D eigenvalue weighted by Crippen LogP contribution is -2.32. The molecule has 0 radical (unpaired) electrons. The van der Waals surface area contributed by atoms with Gasteiger partial charge in [0, 0.05) is 39.9 Å². The summed E-state index contributed by atoms with van der Waals surface area (Å²) in [5.41, 5.74) is 4.54. The molecule has 0 amide bonds. The van der Waals surface area contributed by atoms with Gasteiger partial charge in [0.1, 0.15) is 11.6 Å². The van der Waals surface area contributed by atoms with Gasteiger partial charge in [-0.15, -0.1) is 0 Å². The first-order valence-electron chi connectivity index (χ1n) is 9.63. The molecule has 0 saturated carbocycles. The van der Waals surface area contributed by atoms with Crippen LogP contribution in [0.3, 0.4) is 0 Å². The minimum absolute atomic E-state index is 0.0580. The second-order valence-corrected chi connectivity index (χ2v) is 7.53. The van der Waals surface area contributed by atoms with Gasteiger partial charge in [0.25, 0.3) is 0 Å². The summed E-state index contributed by atoms with van der Waals surface area (Å²) in [5, 5.41) is 32.1. The Bertz CT molecular complexity index is 1290. The predicted molar refractivity (Wildman–Crippen MR) is 118 cm³/mol. The van der Waals surface area contributed by atoms with Crippen molar-refractivity contribution in [2.75, 3.05) is 0 Å². The van der Waals surface area contributed by atoms with Crippen LogP contribution in [0.5, 0.6) is 5.75 Å². The molecule has 6 heteroatoms. The van der Waals surface area contributed by atoms with Gasteiger partial charge in [0.2, 0.25) is 0 Å². The van der Waals surface area contributed by atoms with Crippen molar-refractivity contribution in [3.8, 4) is 28.0 Å². The average molecular weight is 401 g/mol. The Morgan fingerprint density at radius 2 is 1.67 bits per heavy atom. The first-order chi connectivity index (χ1) is 14.3. The largest absolute Gasteiger partial charge is 0.507 e. The summed E-state index contributed by atoms with van der Waals surface area (Å²) < 4.78 is 15.0. The van der Waals surface area contributed by atoms with Crippen molar-refractivity contribution < 1.29 is 19.5 Å². The monoisotopic (exact) mass is 401 g/mol. The van der Waals surface area contributed by atoms with Crippen LogP contribution in [0.15, 0.2) is 54.9 Å². The van der Waals surface area contributed by atoms with Gasteiger partial charge in [-0.3, -0.25) is 4.98 Å². The summed E-state index contributed by atoms with van der Waals surface area (Å²) in [4.78, 5) is 4.26. The van der Waals surface area contributed by atoms with Crippen molar-refractivity contribution in [2.45, 2.75) is 20.8 Å².